The van der Waals surface area contributed by atoms with Gasteiger partial charge in [-0.05, 0) is 35.2 Å². The van der Waals surface area contributed by atoms with Gasteiger partial charge in [-0.1, -0.05) is 43.3 Å². The van der Waals surface area contributed by atoms with Crippen LogP contribution in [0.15, 0.2) is 48.5 Å². The maximum Gasteiger partial charge on any atom is 0.409 e. The summed E-state index contributed by atoms with van der Waals surface area (Å²) in [6, 6.07) is 15.6. The Hall–Kier alpha value is -1.80. The number of benzene rings is 2. The van der Waals surface area contributed by atoms with Crippen LogP contribution in [0.2, 0.25) is 0 Å². The topological polar surface area (TPSA) is 26.3 Å². The van der Waals surface area contributed by atoms with Crippen molar-refractivity contribution in [1.82, 2.24) is 0 Å². The molecule has 0 saturated heterocycles. The first-order valence-electron chi connectivity index (χ1n) is 5.75. The van der Waals surface area contributed by atoms with Gasteiger partial charge in [0.25, 0.3) is 0 Å². The zero-order valence-corrected chi connectivity index (χ0v) is 10.8. The molecular weight excluding hydrogens is 248 g/mol. The average molecular weight is 261 g/mol. The molecule has 0 amide bonds. The van der Waals surface area contributed by atoms with Crippen molar-refractivity contribution in [2.24, 2.45) is 0 Å². The Morgan fingerprint density at radius 3 is 1.94 bits per heavy atom. The first-order chi connectivity index (χ1) is 8.69. The smallest absolute Gasteiger partial charge is 0.409 e. The minimum absolute atomic E-state index is 0.448. The van der Waals surface area contributed by atoms with Gasteiger partial charge in [-0.2, -0.15) is 0 Å². The molecule has 0 aliphatic carbocycles. The number of carbonyl (C=O) groups excluding carboxylic acids is 1. The zero-order chi connectivity index (χ0) is 13.0. The summed E-state index contributed by atoms with van der Waals surface area (Å²) in [5, 5.41) is 0. The van der Waals surface area contributed by atoms with Gasteiger partial charge in [0.05, 0.1) is 0 Å². The van der Waals surface area contributed by atoms with E-state index in [2.05, 4.69) is 31.2 Å². The molecule has 18 heavy (non-hydrogen) atoms. The molecule has 0 N–H and O–H groups in total. The monoisotopic (exact) mass is 260 g/mol. The van der Waals surface area contributed by atoms with Crippen molar-refractivity contribution < 1.29 is 9.53 Å². The molecule has 92 valence electrons. The molecule has 2 rings (SSSR count). The number of ether oxygens (including phenoxy) is 1. The van der Waals surface area contributed by atoms with Gasteiger partial charge >= 0.3 is 5.43 Å². The van der Waals surface area contributed by atoms with Crippen LogP contribution >= 0.6 is 11.6 Å². The third-order valence-electron chi connectivity index (χ3n) is 2.75. The Morgan fingerprint density at radius 2 is 1.50 bits per heavy atom. The Morgan fingerprint density at radius 1 is 1.00 bits per heavy atom. The first kappa shape index (κ1) is 12.7. The van der Waals surface area contributed by atoms with Crippen LogP contribution in [0.3, 0.4) is 0 Å². The van der Waals surface area contributed by atoms with Crippen molar-refractivity contribution in [2.75, 3.05) is 0 Å². The molecule has 2 aromatic carbocycles. The number of hydrogen-bond donors (Lipinski definition) is 0. The van der Waals surface area contributed by atoms with E-state index in [0.717, 1.165) is 17.5 Å². The first-order valence-corrected chi connectivity index (χ1v) is 6.13. The lowest BCUT2D eigenvalue weighted by Crippen LogP contribution is -1.95. The molecule has 0 saturated carbocycles. The molecule has 0 heterocycles. The fraction of sp³-hybridized carbons (Fsp3) is 0.133. The highest BCUT2D eigenvalue weighted by atomic mass is 35.5. The molecule has 0 radical (unpaired) electrons. The van der Waals surface area contributed by atoms with E-state index in [1.807, 2.05) is 12.1 Å². The molecule has 0 unspecified atom stereocenters. The predicted octanol–water partition coefficient (Wildman–Crippen LogP) is 4.65. The number of aryl methyl sites for hydroxylation is 1. The van der Waals surface area contributed by atoms with Gasteiger partial charge in [0.1, 0.15) is 5.75 Å². The van der Waals surface area contributed by atoms with E-state index in [1.165, 1.54) is 5.56 Å². The van der Waals surface area contributed by atoms with Crippen LogP contribution in [0.4, 0.5) is 4.79 Å². The summed E-state index contributed by atoms with van der Waals surface area (Å²) in [6.07, 6.45) is 1.03. The summed E-state index contributed by atoms with van der Waals surface area (Å²) >= 11 is 5.14. The Kier molecular flexibility index (Phi) is 4.00. The minimum atomic E-state index is -0.824. The Balaban J connectivity index is 2.20. The molecule has 0 aromatic heterocycles. The number of halogens is 1. The van der Waals surface area contributed by atoms with E-state index in [0.29, 0.717) is 5.75 Å². The summed E-state index contributed by atoms with van der Waals surface area (Å²) in [5.74, 6) is 0.448. The Labute approximate surface area is 111 Å². The van der Waals surface area contributed by atoms with Crippen LogP contribution in [-0.4, -0.2) is 5.43 Å². The zero-order valence-electron chi connectivity index (χ0n) is 10.0. The summed E-state index contributed by atoms with van der Waals surface area (Å²) in [5.41, 5.74) is 2.70. The second-order valence-electron chi connectivity index (χ2n) is 3.91. The predicted molar refractivity (Wildman–Crippen MR) is 73.1 cm³/mol. The van der Waals surface area contributed by atoms with Gasteiger partial charge in [-0.15, -0.1) is 0 Å². The SMILES string of the molecule is CCc1ccc(-c2ccc(OC(=O)Cl)cc2)cc1. The summed E-state index contributed by atoms with van der Waals surface area (Å²) < 4.78 is 4.77. The van der Waals surface area contributed by atoms with Gasteiger partial charge in [0, 0.05) is 11.6 Å². The molecule has 3 heteroatoms. The lowest BCUT2D eigenvalue weighted by atomic mass is 10.0. The maximum absolute atomic E-state index is 10.6. The molecule has 0 aliphatic heterocycles. The van der Waals surface area contributed by atoms with E-state index >= 15 is 0 Å². The highest BCUT2D eigenvalue weighted by Crippen LogP contribution is 2.23. The molecule has 0 aliphatic rings. The molecular formula is C15H13ClO2. The van der Waals surface area contributed by atoms with Gasteiger partial charge in [-0.3, -0.25) is 0 Å². The van der Waals surface area contributed by atoms with E-state index < -0.39 is 5.43 Å². The third-order valence-corrected chi connectivity index (χ3v) is 2.83. The summed E-state index contributed by atoms with van der Waals surface area (Å²) in [4.78, 5) is 10.6. The van der Waals surface area contributed by atoms with Crippen molar-refractivity contribution in [3.05, 3.63) is 54.1 Å². The molecule has 0 fully saturated rings. The number of carbonyl (C=O) groups is 1. The number of hydrogen-bond acceptors (Lipinski definition) is 2. The second-order valence-corrected chi connectivity index (χ2v) is 4.22. The van der Waals surface area contributed by atoms with Crippen LogP contribution in [0.25, 0.3) is 11.1 Å². The van der Waals surface area contributed by atoms with Crippen molar-refractivity contribution in [2.45, 2.75) is 13.3 Å². The standard InChI is InChI=1S/C15H13ClO2/c1-2-11-3-5-12(6-4-11)13-7-9-14(10-8-13)18-15(16)17/h3-10H,2H2,1H3. The van der Waals surface area contributed by atoms with Gasteiger partial charge in [0.2, 0.25) is 0 Å². The summed E-state index contributed by atoms with van der Waals surface area (Å²) in [7, 11) is 0. The van der Waals surface area contributed by atoms with Crippen LogP contribution in [0.1, 0.15) is 12.5 Å². The van der Waals surface area contributed by atoms with Gasteiger partial charge in [-0.25, -0.2) is 4.79 Å². The third kappa shape index (κ3) is 3.11. The van der Waals surface area contributed by atoms with Crippen LogP contribution in [-0.2, 0) is 6.42 Å². The quantitative estimate of drug-likeness (QED) is 0.751. The van der Waals surface area contributed by atoms with E-state index in [4.69, 9.17) is 16.3 Å². The van der Waals surface area contributed by atoms with Gasteiger partial charge in [0.15, 0.2) is 0 Å². The fourth-order valence-electron chi connectivity index (χ4n) is 1.74. The van der Waals surface area contributed by atoms with Crippen LogP contribution in [0, 0.1) is 0 Å². The van der Waals surface area contributed by atoms with Crippen molar-refractivity contribution in [3.8, 4) is 16.9 Å². The van der Waals surface area contributed by atoms with E-state index in [1.54, 1.807) is 12.1 Å². The number of rotatable bonds is 3. The molecule has 2 nitrogen and oxygen atoms in total. The molecule has 0 spiro atoms. The van der Waals surface area contributed by atoms with E-state index in [-0.39, 0.29) is 0 Å². The highest BCUT2D eigenvalue weighted by molar-refractivity contribution is 6.61. The summed E-state index contributed by atoms with van der Waals surface area (Å²) in [6.45, 7) is 2.13. The normalized spacial score (nSPS) is 10.1. The van der Waals surface area contributed by atoms with Crippen molar-refractivity contribution in [3.63, 3.8) is 0 Å². The largest absolute Gasteiger partial charge is 0.415 e. The molecule has 0 bridgehead atoms. The Bertz CT molecular complexity index is 529. The van der Waals surface area contributed by atoms with Crippen LogP contribution < -0.4 is 4.74 Å². The molecule has 2 aromatic rings. The van der Waals surface area contributed by atoms with Crippen molar-refractivity contribution >= 4 is 17.0 Å². The van der Waals surface area contributed by atoms with E-state index in [9.17, 15) is 4.79 Å². The lowest BCUT2D eigenvalue weighted by Gasteiger charge is -2.04. The maximum atomic E-state index is 10.6. The van der Waals surface area contributed by atoms with Gasteiger partial charge < -0.3 is 4.74 Å². The van der Waals surface area contributed by atoms with Crippen LogP contribution in [0.5, 0.6) is 5.75 Å². The second kappa shape index (κ2) is 5.69. The fourth-order valence-corrected chi connectivity index (χ4v) is 1.83. The van der Waals surface area contributed by atoms with Crippen molar-refractivity contribution in [1.29, 1.82) is 0 Å². The average Bonchev–Trinajstić information content (AvgIpc) is 2.39. The lowest BCUT2D eigenvalue weighted by molar-refractivity contribution is 0.225. The minimum Gasteiger partial charge on any atom is -0.415 e. The molecule has 0 atom stereocenters. The highest BCUT2D eigenvalue weighted by Gasteiger charge is 2.01.